The molecule has 6 heteroatoms. The van der Waals surface area contributed by atoms with Crippen molar-refractivity contribution in [3.63, 3.8) is 0 Å². The van der Waals surface area contributed by atoms with Crippen molar-refractivity contribution < 1.29 is 14.0 Å². The number of rotatable bonds is 3. The maximum absolute atomic E-state index is 10.1. The molecule has 0 aliphatic heterocycles. The van der Waals surface area contributed by atoms with Gasteiger partial charge in [0.2, 0.25) is 0 Å². The van der Waals surface area contributed by atoms with E-state index in [-0.39, 0.29) is 50.1 Å². The molecular weight excluding hydrogens is 208 g/mol. The summed E-state index contributed by atoms with van der Waals surface area (Å²) in [6, 6.07) is 0. The van der Waals surface area contributed by atoms with E-state index in [2.05, 4.69) is 4.74 Å². The van der Waals surface area contributed by atoms with Crippen molar-refractivity contribution in [3.8, 4) is 0 Å². The minimum absolute atomic E-state index is 0. The van der Waals surface area contributed by atoms with Crippen LogP contribution in [0.3, 0.4) is 0 Å². The van der Waals surface area contributed by atoms with E-state index in [1.807, 2.05) is 21.1 Å². The fourth-order valence-electron chi connectivity index (χ4n) is 0.420. The quantitative estimate of drug-likeness (QED) is 0.510. The van der Waals surface area contributed by atoms with Gasteiger partial charge in [-0.05, 0) is 0 Å². The Bertz CT molecular complexity index is 127. The molecule has 0 aromatic rings. The molecule has 0 fully saturated rings. The van der Waals surface area contributed by atoms with E-state index < -0.39 is 6.09 Å². The molecule has 0 unspecified atom stereocenters. The van der Waals surface area contributed by atoms with E-state index in [1.54, 1.807) is 0 Å². The van der Waals surface area contributed by atoms with E-state index >= 15 is 0 Å². The number of likely N-dealkylation sites (N-methyl/N-ethyl adjacent to an activating group) is 1. The SMILES string of the molecule is C[N+](C)(C)CCOC(N)=O.Cl.[CaH2]. The van der Waals surface area contributed by atoms with Gasteiger partial charge in [0.25, 0.3) is 0 Å². The molecule has 1 amide bonds. The summed E-state index contributed by atoms with van der Waals surface area (Å²) in [4.78, 5) is 10.1. The Hall–Kier alpha value is 0.780. The van der Waals surface area contributed by atoms with Crippen LogP contribution in [0.1, 0.15) is 0 Å². The molecule has 0 aromatic heterocycles. The minimum atomic E-state index is -0.701. The van der Waals surface area contributed by atoms with Gasteiger partial charge in [0.05, 0.1) is 21.1 Å². The van der Waals surface area contributed by atoms with E-state index in [9.17, 15) is 4.79 Å². The molecule has 0 atom stereocenters. The fraction of sp³-hybridized carbons (Fsp3) is 0.833. The third-order valence-corrected chi connectivity index (χ3v) is 1.01. The summed E-state index contributed by atoms with van der Waals surface area (Å²) >= 11 is 0. The average molecular weight is 226 g/mol. The van der Waals surface area contributed by atoms with E-state index in [0.717, 1.165) is 11.0 Å². The topological polar surface area (TPSA) is 52.3 Å². The Morgan fingerprint density at radius 2 is 1.83 bits per heavy atom. The Balaban J connectivity index is -0.000000405. The molecule has 4 nitrogen and oxygen atoms in total. The molecule has 12 heavy (non-hydrogen) atoms. The van der Waals surface area contributed by atoms with Gasteiger partial charge in [-0.15, -0.1) is 12.4 Å². The molecule has 0 heterocycles. The maximum atomic E-state index is 10.1. The van der Waals surface area contributed by atoms with Crippen molar-refractivity contribution in [2.75, 3.05) is 34.3 Å². The van der Waals surface area contributed by atoms with Crippen LogP contribution < -0.4 is 5.73 Å². The zero-order valence-corrected chi connectivity index (χ0v) is 7.98. The summed E-state index contributed by atoms with van der Waals surface area (Å²) in [5, 5.41) is 0. The molecule has 2 N–H and O–H groups in total. The summed E-state index contributed by atoms with van der Waals surface area (Å²) in [5.41, 5.74) is 4.75. The van der Waals surface area contributed by atoms with Crippen molar-refractivity contribution in [1.29, 1.82) is 0 Å². The van der Waals surface area contributed by atoms with Crippen LogP contribution in [0.5, 0.6) is 0 Å². The predicted molar refractivity (Wildman–Crippen MR) is 54.2 cm³/mol. The second kappa shape index (κ2) is 8.38. The number of carbonyl (C=O) groups excluding carboxylic acids is 1. The zero-order valence-electron chi connectivity index (χ0n) is 7.16. The second-order valence-corrected chi connectivity index (χ2v) is 3.18. The fourth-order valence-corrected chi connectivity index (χ4v) is 0.420. The number of carbonyl (C=O) groups is 1. The number of hydrogen-bond acceptors (Lipinski definition) is 2. The number of ether oxygens (including phenoxy) is 1. The van der Waals surface area contributed by atoms with Crippen LogP contribution in [0.15, 0.2) is 0 Å². The van der Waals surface area contributed by atoms with Gasteiger partial charge in [-0.3, -0.25) is 0 Å². The number of amides is 1. The van der Waals surface area contributed by atoms with Crippen LogP contribution >= 0.6 is 12.4 Å². The number of nitrogens with zero attached hydrogens (tertiary/aromatic N) is 1. The van der Waals surface area contributed by atoms with Crippen molar-refractivity contribution in [1.82, 2.24) is 0 Å². The summed E-state index contributed by atoms with van der Waals surface area (Å²) in [6.45, 7) is 1.17. The first-order valence-electron chi connectivity index (χ1n) is 3.14. The number of hydrogen-bond donors (Lipinski definition) is 1. The van der Waals surface area contributed by atoms with Gasteiger partial charge in [-0.1, -0.05) is 0 Å². The molecule has 0 bridgehead atoms. The molecule has 0 aliphatic rings. The summed E-state index contributed by atoms with van der Waals surface area (Å²) in [5.74, 6) is 0. The first kappa shape index (κ1) is 18.5. The zero-order chi connectivity index (χ0) is 8.20. The van der Waals surface area contributed by atoms with E-state index in [1.165, 1.54) is 0 Å². The molecule has 0 rings (SSSR count). The van der Waals surface area contributed by atoms with E-state index in [0.29, 0.717) is 6.61 Å². The molecule has 0 aliphatic carbocycles. The normalized spacial score (nSPS) is 9.25. The Morgan fingerprint density at radius 1 is 1.42 bits per heavy atom. The van der Waals surface area contributed by atoms with Crippen molar-refractivity contribution in [3.05, 3.63) is 0 Å². The standard InChI is InChI=1S/C6H14N2O2.Ca.ClH.2H/c1-8(2,3)4-5-10-6(7)9;;;;/h4-5H2,1-3H3,(H-,7,9);;1H;;/p+1. The summed E-state index contributed by atoms with van der Waals surface area (Å²) in [7, 11) is 6.05. The molecule has 0 aromatic carbocycles. The van der Waals surface area contributed by atoms with Crippen LogP contribution in [-0.2, 0) is 4.74 Å². The number of quaternary nitrogens is 1. The van der Waals surface area contributed by atoms with Gasteiger partial charge in [-0.25, -0.2) is 4.79 Å². The van der Waals surface area contributed by atoms with Gasteiger partial charge >= 0.3 is 43.8 Å². The first-order chi connectivity index (χ1) is 4.42. The van der Waals surface area contributed by atoms with Gasteiger partial charge in [0, 0.05) is 0 Å². The van der Waals surface area contributed by atoms with Crippen LogP contribution in [0, 0.1) is 0 Å². The average Bonchev–Trinajstić information content (AvgIpc) is 1.59. The van der Waals surface area contributed by atoms with Crippen LogP contribution in [0.2, 0.25) is 0 Å². The Labute approximate surface area is 109 Å². The van der Waals surface area contributed by atoms with Gasteiger partial charge in [-0.2, -0.15) is 0 Å². The van der Waals surface area contributed by atoms with Gasteiger partial charge in [0.1, 0.15) is 13.2 Å². The number of halogens is 1. The first-order valence-corrected chi connectivity index (χ1v) is 3.14. The number of nitrogens with two attached hydrogens (primary N) is 1. The van der Waals surface area contributed by atoms with Gasteiger partial charge in [0.15, 0.2) is 0 Å². The molecular formula is C6H18CaClN2O2+. The monoisotopic (exact) mass is 225 g/mol. The van der Waals surface area contributed by atoms with Crippen LogP contribution in [-0.4, -0.2) is 82.6 Å². The molecule has 0 saturated heterocycles. The Morgan fingerprint density at radius 3 is 2.08 bits per heavy atom. The van der Waals surface area contributed by atoms with Crippen LogP contribution in [0.25, 0.3) is 0 Å². The molecule has 0 saturated carbocycles. The molecule has 0 radical (unpaired) electrons. The third kappa shape index (κ3) is 17.0. The van der Waals surface area contributed by atoms with Crippen molar-refractivity contribution in [2.24, 2.45) is 5.73 Å². The van der Waals surface area contributed by atoms with Crippen LogP contribution in [0.4, 0.5) is 4.79 Å². The van der Waals surface area contributed by atoms with Gasteiger partial charge < -0.3 is 15.0 Å². The summed E-state index contributed by atoms with van der Waals surface area (Å²) in [6.07, 6.45) is -0.701. The van der Waals surface area contributed by atoms with E-state index in [4.69, 9.17) is 5.73 Å². The summed E-state index contributed by atoms with van der Waals surface area (Å²) < 4.78 is 5.31. The number of primary amides is 1. The third-order valence-electron chi connectivity index (χ3n) is 1.01. The molecule has 72 valence electrons. The molecule has 0 spiro atoms. The second-order valence-electron chi connectivity index (χ2n) is 3.18. The predicted octanol–water partition coefficient (Wildman–Crippen LogP) is -0.707. The Kier molecular flexibility index (Phi) is 12.9. The van der Waals surface area contributed by atoms with Crippen molar-refractivity contribution >= 4 is 56.2 Å². The van der Waals surface area contributed by atoms with Crippen molar-refractivity contribution in [2.45, 2.75) is 0 Å².